The molecule has 1 aliphatic carbocycles. The number of benzene rings is 1. The van der Waals surface area contributed by atoms with Gasteiger partial charge in [-0.05, 0) is 74.8 Å². The molecule has 126 valence electrons. The van der Waals surface area contributed by atoms with Crippen molar-refractivity contribution < 1.29 is 4.74 Å². The average Bonchev–Trinajstić information content (AvgIpc) is 2.61. The van der Waals surface area contributed by atoms with Gasteiger partial charge in [-0.2, -0.15) is 0 Å². The van der Waals surface area contributed by atoms with Crippen LogP contribution in [0.5, 0.6) is 0 Å². The van der Waals surface area contributed by atoms with Crippen molar-refractivity contribution in [3.63, 3.8) is 0 Å². The maximum absolute atomic E-state index is 5.70. The lowest BCUT2D eigenvalue weighted by molar-refractivity contribution is 0.125. The van der Waals surface area contributed by atoms with E-state index < -0.39 is 0 Å². The molecule has 1 nitrogen and oxygen atoms in total. The Morgan fingerprint density at radius 3 is 2.48 bits per heavy atom. The zero-order valence-electron chi connectivity index (χ0n) is 14.7. The summed E-state index contributed by atoms with van der Waals surface area (Å²) in [5, 5.41) is 0. The zero-order valence-corrected chi connectivity index (χ0v) is 14.7. The van der Waals surface area contributed by atoms with Gasteiger partial charge in [0.15, 0.2) is 0 Å². The minimum absolute atomic E-state index is 0.728. The van der Waals surface area contributed by atoms with Gasteiger partial charge in [-0.3, -0.25) is 0 Å². The molecule has 0 aliphatic heterocycles. The number of hydrogen-bond donors (Lipinski definition) is 0. The molecule has 1 saturated carbocycles. The van der Waals surface area contributed by atoms with Gasteiger partial charge in [0.2, 0.25) is 0 Å². The van der Waals surface area contributed by atoms with Gasteiger partial charge in [-0.15, -0.1) is 6.58 Å². The topological polar surface area (TPSA) is 9.23 Å². The van der Waals surface area contributed by atoms with Gasteiger partial charge < -0.3 is 4.74 Å². The molecule has 1 heteroatoms. The molecule has 2 rings (SSSR count). The summed E-state index contributed by atoms with van der Waals surface area (Å²) in [6.07, 6.45) is 15.3. The lowest BCUT2D eigenvalue weighted by Crippen LogP contribution is -2.13. The largest absolute Gasteiger partial charge is 0.376 e. The number of hydrogen-bond acceptors (Lipinski definition) is 1. The average molecular weight is 312 g/mol. The van der Waals surface area contributed by atoms with Crippen molar-refractivity contribution in [3.8, 4) is 0 Å². The number of ether oxygens (including phenoxy) is 1. The van der Waals surface area contributed by atoms with Crippen molar-refractivity contribution in [2.24, 2.45) is 5.92 Å². The summed E-state index contributed by atoms with van der Waals surface area (Å²) in [5.74, 6) is 1.69. The van der Waals surface area contributed by atoms with E-state index in [2.05, 4.69) is 49.1 Å². The molecular weight excluding hydrogens is 280 g/mol. The van der Waals surface area contributed by atoms with E-state index in [0.717, 1.165) is 31.5 Å². The molecule has 1 aliphatic rings. The summed E-state index contributed by atoms with van der Waals surface area (Å²) in [6, 6.07) is 9.13. The Balaban J connectivity index is 1.73. The fourth-order valence-corrected chi connectivity index (χ4v) is 3.53. The van der Waals surface area contributed by atoms with Crippen LogP contribution in [0.4, 0.5) is 0 Å². The van der Waals surface area contributed by atoms with E-state index in [1.54, 1.807) is 0 Å². The van der Waals surface area contributed by atoms with E-state index >= 15 is 0 Å². The molecule has 0 atom stereocenters. The van der Waals surface area contributed by atoms with Crippen LogP contribution in [0.3, 0.4) is 0 Å². The summed E-state index contributed by atoms with van der Waals surface area (Å²) in [4.78, 5) is 0. The van der Waals surface area contributed by atoms with E-state index in [1.807, 2.05) is 6.92 Å². The molecule has 0 spiro atoms. The molecule has 23 heavy (non-hydrogen) atoms. The Labute approximate surface area is 142 Å². The van der Waals surface area contributed by atoms with Gasteiger partial charge in [0.05, 0.1) is 13.2 Å². The Morgan fingerprint density at radius 2 is 1.83 bits per heavy atom. The Bertz CT molecular complexity index is 463. The molecule has 1 fully saturated rings. The summed E-state index contributed by atoms with van der Waals surface area (Å²) in [5.41, 5.74) is 2.80. The van der Waals surface area contributed by atoms with E-state index in [9.17, 15) is 0 Å². The van der Waals surface area contributed by atoms with Crippen LogP contribution in [0.2, 0.25) is 0 Å². The first-order chi connectivity index (χ1) is 11.3. The van der Waals surface area contributed by atoms with E-state index in [4.69, 9.17) is 4.74 Å². The molecular formula is C22H32O. The molecule has 1 aromatic rings. The molecule has 0 unspecified atom stereocenters. The predicted octanol–water partition coefficient (Wildman–Crippen LogP) is 6.41. The monoisotopic (exact) mass is 312 g/mol. The van der Waals surface area contributed by atoms with Gasteiger partial charge in [-0.1, -0.05) is 42.5 Å². The quantitative estimate of drug-likeness (QED) is 0.378. The van der Waals surface area contributed by atoms with Gasteiger partial charge in [-0.25, -0.2) is 0 Å². The molecule has 0 aromatic heterocycles. The maximum Gasteiger partial charge on any atom is 0.0717 e. The number of rotatable bonds is 9. The van der Waals surface area contributed by atoms with Gasteiger partial charge in [0.25, 0.3) is 0 Å². The minimum Gasteiger partial charge on any atom is -0.376 e. The zero-order chi connectivity index (χ0) is 16.3. The SMILES string of the molecule is C=CCCC1CCC(c2ccc(COCC/C=C/C)cc2)CC1. The second-order valence-electron chi connectivity index (χ2n) is 6.74. The highest BCUT2D eigenvalue weighted by Crippen LogP contribution is 2.37. The highest BCUT2D eigenvalue weighted by atomic mass is 16.5. The normalized spacial score (nSPS) is 21.6. The van der Waals surface area contributed by atoms with Crippen LogP contribution in [0.15, 0.2) is 49.1 Å². The lowest BCUT2D eigenvalue weighted by Gasteiger charge is -2.28. The third kappa shape index (κ3) is 6.35. The van der Waals surface area contributed by atoms with Crippen molar-refractivity contribution in [2.45, 2.75) is 64.4 Å². The minimum atomic E-state index is 0.728. The maximum atomic E-state index is 5.70. The fourth-order valence-electron chi connectivity index (χ4n) is 3.53. The van der Waals surface area contributed by atoms with Crippen LogP contribution < -0.4 is 0 Å². The molecule has 0 radical (unpaired) electrons. The first-order valence-corrected chi connectivity index (χ1v) is 9.22. The molecule has 0 bridgehead atoms. The summed E-state index contributed by atoms with van der Waals surface area (Å²) in [6.45, 7) is 7.42. The third-order valence-electron chi connectivity index (χ3n) is 5.01. The van der Waals surface area contributed by atoms with E-state index in [1.165, 1.54) is 49.7 Å². The van der Waals surface area contributed by atoms with Crippen molar-refractivity contribution in [2.75, 3.05) is 6.61 Å². The second kappa shape index (κ2) is 10.4. The smallest absolute Gasteiger partial charge is 0.0717 e. The van der Waals surface area contributed by atoms with Crippen LogP contribution in [0.1, 0.15) is 68.9 Å². The summed E-state index contributed by atoms with van der Waals surface area (Å²) in [7, 11) is 0. The second-order valence-corrected chi connectivity index (χ2v) is 6.74. The molecule has 0 saturated heterocycles. The Hall–Kier alpha value is -1.34. The highest BCUT2D eigenvalue weighted by molar-refractivity contribution is 5.25. The summed E-state index contributed by atoms with van der Waals surface area (Å²) < 4.78 is 5.70. The Kier molecular flexibility index (Phi) is 8.17. The van der Waals surface area contributed by atoms with E-state index in [0.29, 0.717) is 0 Å². The Morgan fingerprint density at radius 1 is 1.09 bits per heavy atom. The van der Waals surface area contributed by atoms with Crippen LogP contribution in [0, 0.1) is 5.92 Å². The van der Waals surface area contributed by atoms with Crippen LogP contribution in [-0.4, -0.2) is 6.61 Å². The first-order valence-electron chi connectivity index (χ1n) is 9.22. The lowest BCUT2D eigenvalue weighted by atomic mass is 9.77. The molecule has 1 aromatic carbocycles. The van der Waals surface area contributed by atoms with Gasteiger partial charge >= 0.3 is 0 Å². The summed E-state index contributed by atoms with van der Waals surface area (Å²) >= 11 is 0. The van der Waals surface area contributed by atoms with Crippen molar-refractivity contribution in [3.05, 3.63) is 60.2 Å². The van der Waals surface area contributed by atoms with Gasteiger partial charge in [0.1, 0.15) is 0 Å². The number of allylic oxidation sites excluding steroid dienone is 2. The van der Waals surface area contributed by atoms with Crippen molar-refractivity contribution in [1.82, 2.24) is 0 Å². The first kappa shape index (κ1) is 18.0. The molecule has 0 amide bonds. The third-order valence-corrected chi connectivity index (χ3v) is 5.01. The van der Waals surface area contributed by atoms with E-state index in [-0.39, 0.29) is 0 Å². The molecule has 0 heterocycles. The van der Waals surface area contributed by atoms with Crippen LogP contribution >= 0.6 is 0 Å². The van der Waals surface area contributed by atoms with Crippen LogP contribution in [-0.2, 0) is 11.3 Å². The van der Waals surface area contributed by atoms with Crippen LogP contribution in [0.25, 0.3) is 0 Å². The predicted molar refractivity (Wildman–Crippen MR) is 99.7 cm³/mol. The molecule has 0 N–H and O–H groups in total. The van der Waals surface area contributed by atoms with Crippen molar-refractivity contribution in [1.29, 1.82) is 0 Å². The van der Waals surface area contributed by atoms with Gasteiger partial charge in [0, 0.05) is 0 Å². The van der Waals surface area contributed by atoms with Crippen molar-refractivity contribution >= 4 is 0 Å². The standard InChI is InChI=1S/C22H32O/c1-3-5-7-17-23-18-20-11-15-22(16-12-20)21-13-9-19(10-14-21)8-6-4-2/h3-5,11-12,15-16,19,21H,2,6-10,13-14,17-18H2,1H3/b5-3+. The fraction of sp³-hybridized carbons (Fsp3) is 0.545. The highest BCUT2D eigenvalue weighted by Gasteiger charge is 2.21.